The summed E-state index contributed by atoms with van der Waals surface area (Å²) in [6.07, 6.45) is 3.22. The first kappa shape index (κ1) is 14.2. The Morgan fingerprint density at radius 3 is 2.29 bits per heavy atom. The number of benzene rings is 1. The molecule has 0 heterocycles. The van der Waals surface area contributed by atoms with Crippen LogP contribution in [0.1, 0.15) is 43.9 Å². The molecule has 1 aromatic carbocycles. The highest BCUT2D eigenvalue weighted by Gasteiger charge is 2.06. The first-order valence-corrected chi connectivity index (χ1v) is 6.47. The predicted molar refractivity (Wildman–Crippen MR) is 73.0 cm³/mol. The quantitative estimate of drug-likeness (QED) is 0.787. The van der Waals surface area contributed by atoms with Crippen LogP contribution in [0.2, 0.25) is 0 Å². The second-order valence-corrected chi connectivity index (χ2v) is 5.06. The van der Waals surface area contributed by atoms with Crippen LogP contribution in [-0.4, -0.2) is 13.7 Å². The van der Waals surface area contributed by atoms with Crippen LogP contribution in [0.3, 0.4) is 0 Å². The Morgan fingerprint density at radius 2 is 1.76 bits per heavy atom. The number of hydrogen-bond acceptors (Lipinski definition) is 2. The monoisotopic (exact) mass is 235 g/mol. The summed E-state index contributed by atoms with van der Waals surface area (Å²) >= 11 is 0. The predicted octanol–water partition coefficient (Wildman–Crippen LogP) is 3.31. The number of rotatable bonds is 7. The standard InChI is InChI=1S/C15H25NO/c1-12(2)4-9-15(16)14-7-5-13(6-8-14)10-11-17-3/h5-8,12,15H,4,9-11,16H2,1-3H3. The van der Waals surface area contributed by atoms with E-state index in [9.17, 15) is 0 Å². The third-order valence-corrected chi connectivity index (χ3v) is 3.06. The van der Waals surface area contributed by atoms with E-state index in [0.717, 1.165) is 25.4 Å². The van der Waals surface area contributed by atoms with Gasteiger partial charge in [-0.1, -0.05) is 38.1 Å². The molecule has 2 heteroatoms. The van der Waals surface area contributed by atoms with Crippen molar-refractivity contribution < 1.29 is 4.74 Å². The molecule has 17 heavy (non-hydrogen) atoms. The molecule has 0 aliphatic heterocycles. The Kier molecular flexibility index (Phi) is 6.23. The van der Waals surface area contributed by atoms with Crippen molar-refractivity contribution in [2.75, 3.05) is 13.7 Å². The molecule has 0 amide bonds. The molecule has 0 radical (unpaired) electrons. The molecule has 1 unspecified atom stereocenters. The summed E-state index contributed by atoms with van der Waals surface area (Å²) < 4.78 is 5.06. The molecule has 1 aromatic rings. The largest absolute Gasteiger partial charge is 0.384 e. The molecular weight excluding hydrogens is 210 g/mol. The molecule has 0 saturated heterocycles. The Bertz CT molecular complexity index is 305. The van der Waals surface area contributed by atoms with Crippen LogP contribution in [0.5, 0.6) is 0 Å². The van der Waals surface area contributed by atoms with Crippen LogP contribution >= 0.6 is 0 Å². The SMILES string of the molecule is COCCc1ccc(C(N)CCC(C)C)cc1. The Labute approximate surface area is 105 Å². The molecule has 1 atom stereocenters. The van der Waals surface area contributed by atoms with Gasteiger partial charge in [-0.3, -0.25) is 0 Å². The van der Waals surface area contributed by atoms with Gasteiger partial charge < -0.3 is 10.5 Å². The normalized spacial score (nSPS) is 13.0. The summed E-state index contributed by atoms with van der Waals surface area (Å²) in [6.45, 7) is 5.25. The van der Waals surface area contributed by atoms with Gasteiger partial charge in [0.1, 0.15) is 0 Å². The zero-order valence-electron chi connectivity index (χ0n) is 11.3. The number of nitrogens with two attached hydrogens (primary N) is 1. The van der Waals surface area contributed by atoms with Crippen LogP contribution in [-0.2, 0) is 11.2 Å². The third kappa shape index (κ3) is 5.33. The smallest absolute Gasteiger partial charge is 0.0502 e. The lowest BCUT2D eigenvalue weighted by atomic mass is 9.97. The van der Waals surface area contributed by atoms with Crippen LogP contribution in [0, 0.1) is 5.92 Å². The fourth-order valence-electron chi connectivity index (χ4n) is 1.83. The fourth-order valence-corrected chi connectivity index (χ4v) is 1.83. The van der Waals surface area contributed by atoms with Gasteiger partial charge in [-0.25, -0.2) is 0 Å². The number of hydrogen-bond donors (Lipinski definition) is 1. The lowest BCUT2D eigenvalue weighted by molar-refractivity contribution is 0.202. The molecule has 2 N–H and O–H groups in total. The Hall–Kier alpha value is -0.860. The maximum absolute atomic E-state index is 6.17. The van der Waals surface area contributed by atoms with E-state index in [4.69, 9.17) is 10.5 Å². The zero-order chi connectivity index (χ0) is 12.7. The summed E-state index contributed by atoms with van der Waals surface area (Å²) in [6, 6.07) is 8.79. The van der Waals surface area contributed by atoms with Gasteiger partial charge in [0.2, 0.25) is 0 Å². The molecule has 0 fully saturated rings. The van der Waals surface area contributed by atoms with Crippen molar-refractivity contribution in [1.82, 2.24) is 0 Å². The molecule has 0 saturated carbocycles. The lowest BCUT2D eigenvalue weighted by Gasteiger charge is -2.14. The average Bonchev–Trinajstić information content (AvgIpc) is 2.34. The summed E-state index contributed by atoms with van der Waals surface area (Å²) in [5.41, 5.74) is 8.72. The lowest BCUT2D eigenvalue weighted by Crippen LogP contribution is -2.11. The van der Waals surface area contributed by atoms with Crippen molar-refractivity contribution in [3.05, 3.63) is 35.4 Å². The second kappa shape index (κ2) is 7.46. The molecule has 0 spiro atoms. The minimum absolute atomic E-state index is 0.175. The highest BCUT2D eigenvalue weighted by atomic mass is 16.5. The molecule has 2 nitrogen and oxygen atoms in total. The first-order chi connectivity index (χ1) is 8.13. The third-order valence-electron chi connectivity index (χ3n) is 3.06. The minimum atomic E-state index is 0.175. The van der Waals surface area contributed by atoms with Crippen molar-refractivity contribution in [3.63, 3.8) is 0 Å². The summed E-state index contributed by atoms with van der Waals surface area (Å²) in [7, 11) is 1.73. The fraction of sp³-hybridized carbons (Fsp3) is 0.600. The van der Waals surface area contributed by atoms with E-state index in [-0.39, 0.29) is 6.04 Å². The summed E-state index contributed by atoms with van der Waals surface area (Å²) in [5.74, 6) is 0.724. The Morgan fingerprint density at radius 1 is 1.12 bits per heavy atom. The maximum atomic E-state index is 6.17. The van der Waals surface area contributed by atoms with Crippen molar-refractivity contribution >= 4 is 0 Å². The van der Waals surface area contributed by atoms with Crippen molar-refractivity contribution in [2.45, 2.75) is 39.2 Å². The number of methoxy groups -OCH3 is 1. The molecule has 0 bridgehead atoms. The van der Waals surface area contributed by atoms with E-state index in [1.54, 1.807) is 7.11 Å². The molecule has 0 aliphatic carbocycles. The van der Waals surface area contributed by atoms with Gasteiger partial charge in [-0.15, -0.1) is 0 Å². The van der Waals surface area contributed by atoms with Crippen LogP contribution in [0.25, 0.3) is 0 Å². The molecule has 0 aromatic heterocycles. The first-order valence-electron chi connectivity index (χ1n) is 6.47. The van der Waals surface area contributed by atoms with E-state index < -0.39 is 0 Å². The van der Waals surface area contributed by atoms with Gasteiger partial charge in [0, 0.05) is 13.2 Å². The maximum Gasteiger partial charge on any atom is 0.0502 e. The molecule has 0 aliphatic rings. The van der Waals surface area contributed by atoms with E-state index in [0.29, 0.717) is 0 Å². The molecule has 96 valence electrons. The zero-order valence-corrected chi connectivity index (χ0v) is 11.3. The minimum Gasteiger partial charge on any atom is -0.384 e. The van der Waals surface area contributed by atoms with Crippen molar-refractivity contribution in [3.8, 4) is 0 Å². The van der Waals surface area contributed by atoms with Gasteiger partial charge in [0.05, 0.1) is 6.61 Å². The van der Waals surface area contributed by atoms with E-state index in [1.807, 2.05) is 0 Å². The van der Waals surface area contributed by atoms with E-state index in [2.05, 4.69) is 38.1 Å². The Balaban J connectivity index is 2.48. The summed E-state index contributed by atoms with van der Waals surface area (Å²) in [4.78, 5) is 0. The van der Waals surface area contributed by atoms with Crippen LogP contribution < -0.4 is 5.73 Å². The number of ether oxygens (including phenoxy) is 1. The average molecular weight is 235 g/mol. The highest BCUT2D eigenvalue weighted by Crippen LogP contribution is 2.19. The van der Waals surface area contributed by atoms with Gasteiger partial charge in [-0.2, -0.15) is 0 Å². The van der Waals surface area contributed by atoms with Gasteiger partial charge in [-0.05, 0) is 36.3 Å². The van der Waals surface area contributed by atoms with Gasteiger partial charge in [0.15, 0.2) is 0 Å². The van der Waals surface area contributed by atoms with E-state index in [1.165, 1.54) is 17.5 Å². The van der Waals surface area contributed by atoms with Crippen molar-refractivity contribution in [1.29, 1.82) is 0 Å². The van der Waals surface area contributed by atoms with Crippen molar-refractivity contribution in [2.24, 2.45) is 11.7 Å². The van der Waals surface area contributed by atoms with Crippen LogP contribution in [0.15, 0.2) is 24.3 Å². The highest BCUT2D eigenvalue weighted by molar-refractivity contribution is 5.24. The second-order valence-electron chi connectivity index (χ2n) is 5.06. The van der Waals surface area contributed by atoms with Gasteiger partial charge in [0.25, 0.3) is 0 Å². The molecular formula is C15H25NO. The summed E-state index contributed by atoms with van der Waals surface area (Å²) in [5, 5.41) is 0. The molecule has 1 rings (SSSR count). The van der Waals surface area contributed by atoms with E-state index >= 15 is 0 Å². The van der Waals surface area contributed by atoms with Crippen LogP contribution in [0.4, 0.5) is 0 Å². The topological polar surface area (TPSA) is 35.2 Å². The van der Waals surface area contributed by atoms with Gasteiger partial charge >= 0.3 is 0 Å².